The number of rotatable bonds is 2. The van der Waals surface area contributed by atoms with Gasteiger partial charge in [-0.2, -0.15) is 5.01 Å². The number of hydrogen-bond donors (Lipinski definition) is 1. The van der Waals surface area contributed by atoms with Gasteiger partial charge in [0.2, 0.25) is 5.91 Å². The number of amides is 3. The molecule has 2 bridgehead atoms. The van der Waals surface area contributed by atoms with Gasteiger partial charge < -0.3 is 0 Å². The van der Waals surface area contributed by atoms with Crippen LogP contribution in [0.15, 0.2) is 24.3 Å². The van der Waals surface area contributed by atoms with E-state index in [1.807, 2.05) is 18.2 Å². The van der Waals surface area contributed by atoms with Gasteiger partial charge in [-0.25, -0.2) is 0 Å². The maximum atomic E-state index is 12.4. The molecule has 1 aliphatic heterocycles. The number of nitrogens with zero attached hydrogens (tertiary/aromatic N) is 1. The summed E-state index contributed by atoms with van der Waals surface area (Å²) in [6.07, 6.45) is 11.4. The Kier molecular flexibility index (Phi) is 2.77. The molecule has 0 aromatic heterocycles. The quantitative estimate of drug-likeness (QED) is 0.612. The second-order valence-electron chi connectivity index (χ2n) is 6.47. The minimum absolute atomic E-state index is 0.133. The van der Waals surface area contributed by atoms with Gasteiger partial charge in [-0.05, 0) is 37.5 Å². The van der Waals surface area contributed by atoms with E-state index in [0.29, 0.717) is 6.42 Å². The minimum atomic E-state index is -0.251. The molecule has 5 nitrogen and oxygen atoms in total. The molecule has 21 heavy (non-hydrogen) atoms. The lowest BCUT2D eigenvalue weighted by molar-refractivity contribution is -0.151. The average molecular weight is 286 g/mol. The third-order valence-electron chi connectivity index (χ3n) is 5.33. The summed E-state index contributed by atoms with van der Waals surface area (Å²) in [6, 6.07) is 0. The highest BCUT2D eigenvalue weighted by Gasteiger charge is 2.59. The van der Waals surface area contributed by atoms with Crippen molar-refractivity contribution in [3.05, 3.63) is 24.3 Å². The summed E-state index contributed by atoms with van der Waals surface area (Å²) in [5.74, 6) is -0.930. The van der Waals surface area contributed by atoms with Crippen LogP contribution in [0.25, 0.3) is 0 Å². The topological polar surface area (TPSA) is 66.5 Å². The fourth-order valence-electron chi connectivity index (χ4n) is 4.25. The summed E-state index contributed by atoms with van der Waals surface area (Å²) >= 11 is 0. The molecule has 4 aliphatic rings. The first kappa shape index (κ1) is 12.8. The van der Waals surface area contributed by atoms with Crippen LogP contribution in [0.4, 0.5) is 0 Å². The molecule has 5 atom stereocenters. The van der Waals surface area contributed by atoms with Crippen molar-refractivity contribution in [1.29, 1.82) is 0 Å². The zero-order valence-electron chi connectivity index (χ0n) is 11.7. The zero-order valence-corrected chi connectivity index (χ0v) is 11.7. The van der Waals surface area contributed by atoms with E-state index >= 15 is 0 Å². The van der Waals surface area contributed by atoms with Gasteiger partial charge in [-0.3, -0.25) is 19.8 Å². The van der Waals surface area contributed by atoms with Crippen LogP contribution in [0.2, 0.25) is 0 Å². The van der Waals surface area contributed by atoms with Gasteiger partial charge in [0.1, 0.15) is 0 Å². The molecule has 3 amide bonds. The molecule has 1 saturated heterocycles. The van der Waals surface area contributed by atoms with E-state index in [2.05, 4.69) is 11.5 Å². The summed E-state index contributed by atoms with van der Waals surface area (Å²) < 4.78 is 0. The molecule has 1 N–H and O–H groups in total. The maximum Gasteiger partial charge on any atom is 0.252 e. The van der Waals surface area contributed by atoms with Crippen LogP contribution < -0.4 is 5.43 Å². The largest absolute Gasteiger partial charge is 0.273 e. The van der Waals surface area contributed by atoms with E-state index in [1.165, 1.54) is 0 Å². The van der Waals surface area contributed by atoms with Gasteiger partial charge in [0.25, 0.3) is 11.8 Å². The summed E-state index contributed by atoms with van der Waals surface area (Å²) in [5.41, 5.74) is 2.58. The predicted molar refractivity (Wildman–Crippen MR) is 74.2 cm³/mol. The van der Waals surface area contributed by atoms with Gasteiger partial charge in [-0.1, -0.05) is 24.3 Å². The van der Waals surface area contributed by atoms with Crippen LogP contribution >= 0.6 is 0 Å². The van der Waals surface area contributed by atoms with Crippen molar-refractivity contribution < 1.29 is 14.4 Å². The van der Waals surface area contributed by atoms with E-state index < -0.39 is 0 Å². The molecule has 1 saturated carbocycles. The molecular weight excluding hydrogens is 268 g/mol. The second-order valence-corrected chi connectivity index (χ2v) is 6.47. The van der Waals surface area contributed by atoms with Gasteiger partial charge in [-0.15, -0.1) is 0 Å². The second kappa shape index (κ2) is 4.55. The van der Waals surface area contributed by atoms with Crippen LogP contribution in [0.1, 0.15) is 25.7 Å². The molecule has 2 fully saturated rings. The van der Waals surface area contributed by atoms with Crippen LogP contribution in [0.3, 0.4) is 0 Å². The van der Waals surface area contributed by atoms with Crippen LogP contribution in [-0.2, 0) is 14.4 Å². The third kappa shape index (κ3) is 1.79. The summed E-state index contributed by atoms with van der Waals surface area (Å²) in [7, 11) is 0. The molecule has 0 spiro atoms. The fourth-order valence-corrected chi connectivity index (χ4v) is 4.25. The van der Waals surface area contributed by atoms with Gasteiger partial charge >= 0.3 is 0 Å². The van der Waals surface area contributed by atoms with Crippen LogP contribution in [0, 0.1) is 29.6 Å². The van der Waals surface area contributed by atoms with Crippen LogP contribution in [0.5, 0.6) is 0 Å². The first-order valence-electron chi connectivity index (χ1n) is 7.68. The molecule has 1 heterocycles. The lowest BCUT2D eigenvalue weighted by Crippen LogP contribution is -2.49. The average Bonchev–Trinajstić information content (AvgIpc) is 3.18. The summed E-state index contributed by atoms with van der Waals surface area (Å²) in [5, 5.41) is 1.00. The molecule has 4 rings (SSSR count). The van der Waals surface area contributed by atoms with E-state index in [9.17, 15) is 14.4 Å². The Morgan fingerprint density at radius 3 is 2.33 bits per heavy atom. The molecule has 110 valence electrons. The number of nitrogens with one attached hydrogen (secondary N) is 1. The van der Waals surface area contributed by atoms with Crippen molar-refractivity contribution in [2.45, 2.75) is 25.7 Å². The van der Waals surface area contributed by atoms with Gasteiger partial charge in [0, 0.05) is 5.92 Å². The first-order chi connectivity index (χ1) is 10.2. The Bertz CT molecular complexity index is 550. The standard InChI is InChI=1S/C16H18N2O3/c19-14(9-4-2-1-3-5-9)17-18-15(20)12-10-6-7-11(8-10)13(12)16(18)21/h1-2,6-7,9-13H,3-5,8H2,(H,17,19). The number of hydrogen-bond acceptors (Lipinski definition) is 3. The number of imide groups is 1. The van der Waals surface area contributed by atoms with Crippen molar-refractivity contribution in [2.24, 2.45) is 29.6 Å². The maximum absolute atomic E-state index is 12.4. The third-order valence-corrected chi connectivity index (χ3v) is 5.33. The van der Waals surface area contributed by atoms with Crippen LogP contribution in [-0.4, -0.2) is 22.7 Å². The lowest BCUT2D eigenvalue weighted by atomic mass is 9.85. The summed E-state index contributed by atoms with van der Waals surface area (Å²) in [4.78, 5) is 37.1. The normalized spacial score (nSPS) is 40.0. The molecule has 0 radical (unpaired) electrons. The highest BCUT2D eigenvalue weighted by molar-refractivity contribution is 6.07. The Morgan fingerprint density at radius 2 is 1.76 bits per heavy atom. The lowest BCUT2D eigenvalue weighted by Gasteiger charge is -2.22. The SMILES string of the molecule is O=C(NN1C(=O)C2C3C=CC(C3)C2C1=O)C1CC=CCC1. The van der Waals surface area contributed by atoms with Crippen molar-refractivity contribution in [1.82, 2.24) is 10.4 Å². The number of hydrazine groups is 1. The highest BCUT2D eigenvalue weighted by atomic mass is 16.2. The van der Waals surface area contributed by atoms with Gasteiger partial charge in [0.05, 0.1) is 11.8 Å². The first-order valence-corrected chi connectivity index (χ1v) is 7.68. The molecule has 0 aromatic rings. The van der Waals surface area contributed by atoms with E-state index in [4.69, 9.17) is 0 Å². The predicted octanol–water partition coefficient (Wildman–Crippen LogP) is 1.18. The van der Waals surface area contributed by atoms with Crippen molar-refractivity contribution in [3.63, 3.8) is 0 Å². The van der Waals surface area contributed by atoms with Crippen molar-refractivity contribution >= 4 is 17.7 Å². The molecule has 0 aromatic carbocycles. The zero-order chi connectivity index (χ0) is 14.6. The Labute approximate surface area is 123 Å². The Hall–Kier alpha value is -1.91. The van der Waals surface area contributed by atoms with Gasteiger partial charge in [0.15, 0.2) is 0 Å². The Balaban J connectivity index is 1.49. The fraction of sp³-hybridized carbons (Fsp3) is 0.562. The molecule has 5 unspecified atom stereocenters. The van der Waals surface area contributed by atoms with Crippen molar-refractivity contribution in [2.75, 3.05) is 0 Å². The minimum Gasteiger partial charge on any atom is -0.273 e. The van der Waals surface area contributed by atoms with Crippen molar-refractivity contribution in [3.8, 4) is 0 Å². The van der Waals surface area contributed by atoms with E-state index in [1.54, 1.807) is 0 Å². The number of carbonyl (C=O) groups excluding carboxylic acids is 3. The number of carbonyl (C=O) groups is 3. The van der Waals surface area contributed by atoms with E-state index in [0.717, 1.165) is 24.3 Å². The smallest absolute Gasteiger partial charge is 0.252 e. The molecule has 5 heteroatoms. The Morgan fingerprint density at radius 1 is 1.10 bits per heavy atom. The number of allylic oxidation sites excluding steroid dienone is 4. The highest BCUT2D eigenvalue weighted by Crippen LogP contribution is 2.52. The molecule has 3 aliphatic carbocycles. The van der Waals surface area contributed by atoms with E-state index in [-0.39, 0.29) is 47.3 Å². The summed E-state index contributed by atoms with van der Waals surface area (Å²) in [6.45, 7) is 0. The number of fused-ring (bicyclic) bond motifs is 5. The molecular formula is C16H18N2O3. The monoisotopic (exact) mass is 286 g/mol.